The molecular weight excluding hydrogens is 386 g/mol. The van der Waals surface area contributed by atoms with E-state index in [1.807, 2.05) is 68.4 Å². The Morgan fingerprint density at radius 2 is 1.65 bits per heavy atom. The molecule has 170 valence electrons. The van der Waals surface area contributed by atoms with Gasteiger partial charge in [0.2, 0.25) is 5.91 Å². The molecule has 2 rings (SSSR count). The summed E-state index contributed by atoms with van der Waals surface area (Å²) in [6, 6.07) is 17.8. The summed E-state index contributed by atoms with van der Waals surface area (Å²) in [7, 11) is 0. The van der Waals surface area contributed by atoms with Gasteiger partial charge in [-0.15, -0.1) is 0 Å². The lowest BCUT2D eigenvalue weighted by atomic mass is 9.99. The predicted octanol–water partition coefficient (Wildman–Crippen LogP) is 4.40. The fourth-order valence-corrected chi connectivity index (χ4v) is 3.51. The molecule has 5 heteroatoms. The summed E-state index contributed by atoms with van der Waals surface area (Å²) in [4.78, 5) is 12.9. The molecule has 0 fully saturated rings. The van der Waals surface area contributed by atoms with Crippen LogP contribution >= 0.6 is 0 Å². The zero-order valence-corrected chi connectivity index (χ0v) is 19.4. The van der Waals surface area contributed by atoms with Gasteiger partial charge in [-0.2, -0.15) is 0 Å². The van der Waals surface area contributed by atoms with Crippen LogP contribution in [0.1, 0.15) is 63.6 Å². The van der Waals surface area contributed by atoms with Crippen molar-refractivity contribution in [3.8, 4) is 5.75 Å². The highest BCUT2D eigenvalue weighted by Gasteiger charge is 2.20. The van der Waals surface area contributed by atoms with E-state index in [0.29, 0.717) is 19.0 Å². The molecule has 0 aliphatic rings. The summed E-state index contributed by atoms with van der Waals surface area (Å²) in [5.74, 6) is 1.18. The van der Waals surface area contributed by atoms with Crippen molar-refractivity contribution in [1.29, 1.82) is 0 Å². The maximum absolute atomic E-state index is 12.9. The Bertz CT molecular complexity index is 762. The zero-order chi connectivity index (χ0) is 22.6. The topological polar surface area (TPSA) is 76.4 Å². The molecule has 0 saturated carbocycles. The van der Waals surface area contributed by atoms with Crippen LogP contribution in [0.25, 0.3) is 0 Å². The van der Waals surface area contributed by atoms with Crippen molar-refractivity contribution in [2.75, 3.05) is 19.7 Å². The number of hydrogen-bond acceptors (Lipinski definition) is 4. The van der Waals surface area contributed by atoms with E-state index in [1.54, 1.807) is 0 Å². The van der Waals surface area contributed by atoms with Gasteiger partial charge in [-0.05, 0) is 49.4 Å². The van der Waals surface area contributed by atoms with Crippen LogP contribution in [0, 0.1) is 5.92 Å². The van der Waals surface area contributed by atoms with Gasteiger partial charge in [-0.25, -0.2) is 0 Å². The van der Waals surface area contributed by atoms with E-state index in [4.69, 9.17) is 10.5 Å². The number of nitrogens with one attached hydrogen (secondary N) is 2. The summed E-state index contributed by atoms with van der Waals surface area (Å²) >= 11 is 0. The van der Waals surface area contributed by atoms with Crippen LogP contribution in [-0.4, -0.2) is 31.6 Å². The Morgan fingerprint density at radius 3 is 2.26 bits per heavy atom. The van der Waals surface area contributed by atoms with Gasteiger partial charge in [-0.3, -0.25) is 4.79 Å². The van der Waals surface area contributed by atoms with Crippen LogP contribution in [0.5, 0.6) is 5.75 Å². The number of amides is 1. The Kier molecular flexibility index (Phi) is 10.5. The third kappa shape index (κ3) is 8.72. The van der Waals surface area contributed by atoms with Gasteiger partial charge in [0.25, 0.3) is 0 Å². The van der Waals surface area contributed by atoms with Crippen LogP contribution in [0.4, 0.5) is 0 Å². The first-order chi connectivity index (χ1) is 14.9. The molecule has 0 heterocycles. The molecule has 4 atom stereocenters. The van der Waals surface area contributed by atoms with Gasteiger partial charge in [0.1, 0.15) is 5.75 Å². The lowest BCUT2D eigenvalue weighted by Crippen LogP contribution is -2.40. The molecule has 2 aromatic rings. The van der Waals surface area contributed by atoms with Crippen molar-refractivity contribution in [3.63, 3.8) is 0 Å². The van der Waals surface area contributed by atoms with E-state index >= 15 is 0 Å². The van der Waals surface area contributed by atoms with Crippen molar-refractivity contribution in [1.82, 2.24) is 10.6 Å². The number of rotatable bonds is 13. The third-order valence-electron chi connectivity index (χ3n) is 5.42. The SMILES string of the molecule is CCCC(C)COc1ccc([C@H](CNCC(C)N)NC(=O)[C@@H](C)c2ccccc2)cc1. The van der Waals surface area contributed by atoms with Crippen LogP contribution in [0.2, 0.25) is 0 Å². The second kappa shape index (κ2) is 13.1. The van der Waals surface area contributed by atoms with Gasteiger partial charge < -0.3 is 21.1 Å². The number of carbonyl (C=O) groups excluding carboxylic acids is 1. The van der Waals surface area contributed by atoms with Gasteiger partial charge >= 0.3 is 0 Å². The average Bonchev–Trinajstić information content (AvgIpc) is 2.77. The normalized spacial score (nSPS) is 15.0. The second-order valence-corrected chi connectivity index (χ2v) is 8.60. The molecule has 0 spiro atoms. The molecule has 4 N–H and O–H groups in total. The predicted molar refractivity (Wildman–Crippen MR) is 128 cm³/mol. The average molecular weight is 426 g/mol. The number of nitrogens with two attached hydrogens (primary N) is 1. The molecule has 31 heavy (non-hydrogen) atoms. The highest BCUT2D eigenvalue weighted by Crippen LogP contribution is 2.21. The number of carbonyl (C=O) groups is 1. The van der Waals surface area contributed by atoms with Gasteiger partial charge in [0, 0.05) is 19.1 Å². The Labute approximate surface area is 187 Å². The highest BCUT2D eigenvalue weighted by molar-refractivity contribution is 5.83. The van der Waals surface area contributed by atoms with Gasteiger partial charge in [0.05, 0.1) is 18.6 Å². The van der Waals surface area contributed by atoms with E-state index in [-0.39, 0.29) is 23.9 Å². The number of ether oxygens (including phenoxy) is 1. The van der Waals surface area contributed by atoms with Crippen LogP contribution in [-0.2, 0) is 4.79 Å². The first kappa shape index (κ1) is 24.9. The highest BCUT2D eigenvalue weighted by atomic mass is 16.5. The summed E-state index contributed by atoms with van der Waals surface area (Å²) < 4.78 is 5.93. The minimum absolute atomic E-state index is 0.00696. The molecule has 0 aliphatic carbocycles. The molecular formula is C26H39N3O2. The minimum Gasteiger partial charge on any atom is -0.493 e. The molecule has 0 aromatic heterocycles. The third-order valence-corrected chi connectivity index (χ3v) is 5.42. The van der Waals surface area contributed by atoms with Crippen molar-refractivity contribution < 1.29 is 9.53 Å². The summed E-state index contributed by atoms with van der Waals surface area (Å²) in [5, 5.41) is 6.57. The van der Waals surface area contributed by atoms with Crippen LogP contribution < -0.4 is 21.1 Å². The first-order valence-corrected chi connectivity index (χ1v) is 11.4. The molecule has 2 unspecified atom stereocenters. The standard InChI is InChI=1S/C26H39N3O2/c1-5-9-19(2)18-31-24-14-12-23(13-15-24)25(17-28-16-20(3)27)29-26(30)21(4)22-10-7-6-8-11-22/h6-8,10-15,19-21,25,28H,5,9,16-18,27H2,1-4H3,(H,29,30)/t19?,20?,21-,25-/m0/s1. The maximum Gasteiger partial charge on any atom is 0.227 e. The molecule has 0 saturated heterocycles. The maximum atomic E-state index is 12.9. The Hall–Kier alpha value is -2.37. The van der Waals surface area contributed by atoms with Crippen molar-refractivity contribution in [2.45, 2.75) is 58.5 Å². The van der Waals surface area contributed by atoms with E-state index < -0.39 is 0 Å². The number of benzene rings is 2. The van der Waals surface area contributed by atoms with Crippen molar-refractivity contribution in [3.05, 3.63) is 65.7 Å². The fraction of sp³-hybridized carbons (Fsp3) is 0.500. The minimum atomic E-state index is -0.222. The molecule has 1 amide bonds. The molecule has 0 aliphatic heterocycles. The quantitative estimate of drug-likeness (QED) is 0.445. The Balaban J connectivity index is 2.05. The molecule has 0 bridgehead atoms. The van der Waals surface area contributed by atoms with Gasteiger partial charge in [-0.1, -0.05) is 62.7 Å². The molecule has 5 nitrogen and oxygen atoms in total. The zero-order valence-electron chi connectivity index (χ0n) is 19.4. The largest absolute Gasteiger partial charge is 0.493 e. The lowest BCUT2D eigenvalue weighted by molar-refractivity contribution is -0.123. The van der Waals surface area contributed by atoms with Crippen LogP contribution in [0.3, 0.4) is 0 Å². The number of hydrogen-bond donors (Lipinski definition) is 3. The van der Waals surface area contributed by atoms with Crippen LogP contribution in [0.15, 0.2) is 54.6 Å². The molecule has 0 radical (unpaired) electrons. The smallest absolute Gasteiger partial charge is 0.227 e. The van der Waals surface area contributed by atoms with Gasteiger partial charge in [0.15, 0.2) is 0 Å². The van der Waals surface area contributed by atoms with Crippen molar-refractivity contribution >= 4 is 5.91 Å². The summed E-state index contributed by atoms with van der Waals surface area (Å²) in [5.41, 5.74) is 7.92. The van der Waals surface area contributed by atoms with E-state index in [2.05, 4.69) is 24.5 Å². The Morgan fingerprint density at radius 1 is 0.968 bits per heavy atom. The van der Waals surface area contributed by atoms with Crippen molar-refractivity contribution in [2.24, 2.45) is 11.7 Å². The molecule has 2 aromatic carbocycles. The lowest BCUT2D eigenvalue weighted by Gasteiger charge is -2.23. The van der Waals surface area contributed by atoms with E-state index in [9.17, 15) is 4.79 Å². The second-order valence-electron chi connectivity index (χ2n) is 8.60. The summed E-state index contributed by atoms with van der Waals surface area (Å²) in [6.07, 6.45) is 2.33. The summed E-state index contributed by atoms with van der Waals surface area (Å²) in [6.45, 7) is 10.3. The first-order valence-electron chi connectivity index (χ1n) is 11.4. The monoisotopic (exact) mass is 425 g/mol. The van der Waals surface area contributed by atoms with E-state index in [1.165, 1.54) is 6.42 Å². The van der Waals surface area contributed by atoms with E-state index in [0.717, 1.165) is 29.9 Å². The fourth-order valence-electron chi connectivity index (χ4n) is 3.51.